The van der Waals surface area contributed by atoms with E-state index in [1.54, 1.807) is 0 Å². The standard InChI is InChI=1S/C17H10N2O/c20-17-16-13(10-12-8-4-5-9-14(12)18-16)15(19-17)11-6-2-1-3-7-11/h1-10H. The highest BCUT2D eigenvalue weighted by atomic mass is 16.1. The van der Waals surface area contributed by atoms with E-state index in [4.69, 9.17) is 0 Å². The fourth-order valence-corrected chi connectivity index (χ4v) is 2.49. The molecule has 4 rings (SSSR count). The van der Waals surface area contributed by atoms with Gasteiger partial charge in [-0.15, -0.1) is 0 Å². The van der Waals surface area contributed by atoms with Crippen molar-refractivity contribution in [1.29, 1.82) is 0 Å². The van der Waals surface area contributed by atoms with Crippen LogP contribution in [0.5, 0.6) is 0 Å². The molecule has 3 aromatic rings. The van der Waals surface area contributed by atoms with E-state index in [1.807, 2.05) is 60.7 Å². The molecule has 0 fully saturated rings. The maximum absolute atomic E-state index is 12.0. The van der Waals surface area contributed by atoms with E-state index in [0.29, 0.717) is 11.4 Å². The minimum atomic E-state index is -0.260. The Labute approximate surface area is 115 Å². The largest absolute Gasteiger partial charge is 0.296 e. The van der Waals surface area contributed by atoms with Crippen LogP contribution in [0, 0.1) is 0 Å². The van der Waals surface area contributed by atoms with E-state index in [1.165, 1.54) is 0 Å². The van der Waals surface area contributed by atoms with Gasteiger partial charge in [0.1, 0.15) is 5.69 Å². The second kappa shape index (κ2) is 4.10. The van der Waals surface area contributed by atoms with Gasteiger partial charge in [-0.2, -0.15) is 0 Å². The van der Waals surface area contributed by atoms with Gasteiger partial charge in [0.2, 0.25) is 0 Å². The van der Waals surface area contributed by atoms with E-state index in [0.717, 1.165) is 22.0 Å². The number of nitrogens with zero attached hydrogens (tertiary/aromatic N) is 2. The Balaban J connectivity index is 1.98. The first-order valence-corrected chi connectivity index (χ1v) is 6.41. The molecule has 0 radical (unpaired) electrons. The van der Waals surface area contributed by atoms with Crippen molar-refractivity contribution in [3.8, 4) is 0 Å². The van der Waals surface area contributed by atoms with Crippen molar-refractivity contribution in [2.24, 2.45) is 4.99 Å². The molecule has 0 atom stereocenters. The van der Waals surface area contributed by atoms with Crippen LogP contribution in [-0.2, 0) is 0 Å². The third-order valence-electron chi connectivity index (χ3n) is 3.44. The zero-order valence-corrected chi connectivity index (χ0v) is 10.6. The van der Waals surface area contributed by atoms with Crippen LogP contribution in [0.1, 0.15) is 21.6 Å². The Morgan fingerprint density at radius 1 is 0.850 bits per heavy atom. The quantitative estimate of drug-likeness (QED) is 0.672. The number of rotatable bonds is 1. The zero-order valence-electron chi connectivity index (χ0n) is 10.6. The molecule has 0 bridgehead atoms. The predicted molar refractivity (Wildman–Crippen MR) is 78.2 cm³/mol. The third kappa shape index (κ3) is 1.57. The van der Waals surface area contributed by atoms with Crippen molar-refractivity contribution < 1.29 is 4.79 Å². The Kier molecular flexibility index (Phi) is 2.27. The molecule has 0 spiro atoms. The molecule has 20 heavy (non-hydrogen) atoms. The monoisotopic (exact) mass is 258 g/mol. The summed E-state index contributed by atoms with van der Waals surface area (Å²) in [6, 6.07) is 19.5. The number of para-hydroxylation sites is 1. The van der Waals surface area contributed by atoms with Gasteiger partial charge < -0.3 is 0 Å². The lowest BCUT2D eigenvalue weighted by Crippen LogP contribution is -2.02. The number of pyridine rings is 1. The first-order chi connectivity index (χ1) is 9.83. The molecular weight excluding hydrogens is 248 g/mol. The van der Waals surface area contributed by atoms with Crippen molar-refractivity contribution in [1.82, 2.24) is 4.98 Å². The van der Waals surface area contributed by atoms with E-state index >= 15 is 0 Å². The van der Waals surface area contributed by atoms with Crippen LogP contribution < -0.4 is 0 Å². The number of hydrogen-bond donors (Lipinski definition) is 0. The summed E-state index contributed by atoms with van der Waals surface area (Å²) in [6.45, 7) is 0. The normalized spacial score (nSPS) is 13.4. The van der Waals surface area contributed by atoms with Gasteiger partial charge in [-0.3, -0.25) is 4.79 Å². The number of carbonyl (C=O) groups is 1. The topological polar surface area (TPSA) is 42.3 Å². The van der Waals surface area contributed by atoms with Crippen molar-refractivity contribution in [2.75, 3.05) is 0 Å². The summed E-state index contributed by atoms with van der Waals surface area (Å²) in [6.07, 6.45) is 0. The number of amides is 1. The van der Waals surface area contributed by atoms with Crippen molar-refractivity contribution in [3.05, 3.63) is 77.5 Å². The molecule has 94 valence electrons. The lowest BCUT2D eigenvalue weighted by molar-refractivity contribution is 0.100. The van der Waals surface area contributed by atoms with Crippen molar-refractivity contribution >= 4 is 22.5 Å². The first kappa shape index (κ1) is 11.1. The third-order valence-corrected chi connectivity index (χ3v) is 3.44. The molecule has 1 aliphatic heterocycles. The fourth-order valence-electron chi connectivity index (χ4n) is 2.49. The number of carbonyl (C=O) groups excluding carboxylic acids is 1. The van der Waals surface area contributed by atoms with Gasteiger partial charge in [-0.05, 0) is 12.1 Å². The molecule has 0 saturated carbocycles. The fraction of sp³-hybridized carbons (Fsp3) is 0. The molecule has 3 nitrogen and oxygen atoms in total. The SMILES string of the molecule is O=C1N=C(c2ccccc2)c2cc3ccccc3nc21. The van der Waals surface area contributed by atoms with Crippen LogP contribution in [0.4, 0.5) is 0 Å². The zero-order chi connectivity index (χ0) is 13.5. The molecule has 3 heteroatoms. The summed E-state index contributed by atoms with van der Waals surface area (Å²) in [5.74, 6) is -0.260. The van der Waals surface area contributed by atoms with Crippen LogP contribution >= 0.6 is 0 Å². The van der Waals surface area contributed by atoms with Gasteiger partial charge in [0.15, 0.2) is 0 Å². The van der Waals surface area contributed by atoms with Crippen LogP contribution in [-0.4, -0.2) is 16.6 Å². The van der Waals surface area contributed by atoms with E-state index in [-0.39, 0.29) is 5.91 Å². The lowest BCUT2D eigenvalue weighted by atomic mass is 10.0. The average molecular weight is 258 g/mol. The summed E-state index contributed by atoms with van der Waals surface area (Å²) in [5, 5.41) is 1.02. The molecule has 2 aromatic carbocycles. The molecular formula is C17H10N2O. The van der Waals surface area contributed by atoms with E-state index in [2.05, 4.69) is 9.98 Å². The van der Waals surface area contributed by atoms with Crippen LogP contribution in [0.15, 0.2) is 65.7 Å². The second-order valence-electron chi connectivity index (χ2n) is 4.71. The average Bonchev–Trinajstić information content (AvgIpc) is 2.83. The molecule has 1 aromatic heterocycles. The molecule has 0 N–H and O–H groups in total. The van der Waals surface area contributed by atoms with Crippen molar-refractivity contribution in [3.63, 3.8) is 0 Å². The summed E-state index contributed by atoms with van der Waals surface area (Å²) >= 11 is 0. The molecule has 2 heterocycles. The molecule has 0 aliphatic carbocycles. The second-order valence-corrected chi connectivity index (χ2v) is 4.71. The predicted octanol–water partition coefficient (Wildman–Crippen LogP) is 3.23. The number of aromatic nitrogens is 1. The number of fused-ring (bicyclic) bond motifs is 2. The lowest BCUT2D eigenvalue weighted by Gasteiger charge is -2.04. The molecule has 1 aliphatic rings. The van der Waals surface area contributed by atoms with E-state index in [9.17, 15) is 4.79 Å². The highest BCUT2D eigenvalue weighted by Crippen LogP contribution is 2.25. The molecule has 0 saturated heterocycles. The highest BCUT2D eigenvalue weighted by molar-refractivity contribution is 6.27. The maximum Gasteiger partial charge on any atom is 0.296 e. The van der Waals surface area contributed by atoms with Crippen molar-refractivity contribution in [2.45, 2.75) is 0 Å². The summed E-state index contributed by atoms with van der Waals surface area (Å²) in [5.41, 5.74) is 3.74. The Hall–Kier alpha value is -2.81. The Morgan fingerprint density at radius 2 is 1.60 bits per heavy atom. The minimum Gasteiger partial charge on any atom is -0.265 e. The first-order valence-electron chi connectivity index (χ1n) is 6.41. The Morgan fingerprint density at radius 3 is 2.45 bits per heavy atom. The van der Waals surface area contributed by atoms with Gasteiger partial charge in [0.25, 0.3) is 5.91 Å². The van der Waals surface area contributed by atoms with Gasteiger partial charge in [0.05, 0.1) is 11.2 Å². The molecule has 1 amide bonds. The van der Waals surface area contributed by atoms with Crippen LogP contribution in [0.25, 0.3) is 10.9 Å². The van der Waals surface area contributed by atoms with Gasteiger partial charge in [0, 0.05) is 16.5 Å². The minimum absolute atomic E-state index is 0.260. The summed E-state index contributed by atoms with van der Waals surface area (Å²) in [4.78, 5) is 20.7. The van der Waals surface area contributed by atoms with Gasteiger partial charge >= 0.3 is 0 Å². The van der Waals surface area contributed by atoms with Gasteiger partial charge in [-0.25, -0.2) is 9.98 Å². The maximum atomic E-state index is 12.0. The van der Waals surface area contributed by atoms with Crippen LogP contribution in [0.3, 0.4) is 0 Å². The van der Waals surface area contributed by atoms with Gasteiger partial charge in [-0.1, -0.05) is 48.5 Å². The summed E-state index contributed by atoms with van der Waals surface area (Å²) in [7, 11) is 0. The number of hydrogen-bond acceptors (Lipinski definition) is 2. The van der Waals surface area contributed by atoms with Crippen LogP contribution in [0.2, 0.25) is 0 Å². The smallest absolute Gasteiger partial charge is 0.265 e. The molecule has 0 unspecified atom stereocenters. The Bertz CT molecular complexity index is 867. The number of aliphatic imine (C=N–C) groups is 1. The highest BCUT2D eigenvalue weighted by Gasteiger charge is 2.26. The number of benzene rings is 2. The summed E-state index contributed by atoms with van der Waals surface area (Å²) < 4.78 is 0. The van der Waals surface area contributed by atoms with E-state index < -0.39 is 0 Å².